The Balaban J connectivity index is 1.59. The summed E-state index contributed by atoms with van der Waals surface area (Å²) in [5.41, 5.74) is 3.05. The summed E-state index contributed by atoms with van der Waals surface area (Å²) in [5.74, 6) is -1.02. The van der Waals surface area contributed by atoms with Crippen LogP contribution < -0.4 is 14.4 Å². The summed E-state index contributed by atoms with van der Waals surface area (Å²) in [5, 5.41) is 20.3. The summed E-state index contributed by atoms with van der Waals surface area (Å²) in [6, 6.07) is 16.2. The molecule has 0 spiro atoms. The van der Waals surface area contributed by atoms with E-state index in [1.807, 2.05) is 26.0 Å². The number of nitrogens with zero attached hydrogens (tertiary/aromatic N) is 3. The van der Waals surface area contributed by atoms with E-state index in [0.717, 1.165) is 35.3 Å². The predicted octanol–water partition coefficient (Wildman–Crippen LogP) is 7.40. The molecule has 1 saturated heterocycles. The van der Waals surface area contributed by atoms with Crippen molar-refractivity contribution in [2.75, 3.05) is 18.6 Å². The molecule has 1 unspecified atom stereocenters. The number of rotatable bonds is 11. The highest BCUT2D eigenvalue weighted by atomic mass is 32.2. The van der Waals surface area contributed by atoms with E-state index in [-0.39, 0.29) is 22.3 Å². The molecule has 8 nitrogen and oxygen atoms in total. The van der Waals surface area contributed by atoms with Gasteiger partial charge in [-0.15, -0.1) is 10.2 Å². The first-order valence-electron chi connectivity index (χ1n) is 14.1. The fourth-order valence-corrected chi connectivity index (χ4v) is 6.75. The molecule has 0 radical (unpaired) electrons. The number of aliphatic hydroxyl groups is 1. The van der Waals surface area contributed by atoms with Crippen LogP contribution in [0.25, 0.3) is 5.76 Å². The van der Waals surface area contributed by atoms with Gasteiger partial charge in [0.05, 0.1) is 25.3 Å². The Morgan fingerprint density at radius 1 is 1.07 bits per heavy atom. The normalized spacial score (nSPS) is 16.0. The third-order valence-corrected chi connectivity index (χ3v) is 9.37. The number of hydrogen-bond donors (Lipinski definition) is 1. The third kappa shape index (κ3) is 6.34. The van der Waals surface area contributed by atoms with Gasteiger partial charge >= 0.3 is 5.91 Å². The lowest BCUT2D eigenvalue weighted by Crippen LogP contribution is -2.29. The molecule has 0 aliphatic carbocycles. The number of hydrogen-bond acceptors (Lipinski definition) is 9. The van der Waals surface area contributed by atoms with Crippen molar-refractivity contribution in [3.05, 3.63) is 99.9 Å². The average Bonchev–Trinajstić information content (AvgIpc) is 3.59. The Hall–Kier alpha value is -4.22. The van der Waals surface area contributed by atoms with E-state index >= 15 is 0 Å². The minimum atomic E-state index is -1.02. The summed E-state index contributed by atoms with van der Waals surface area (Å²) in [7, 11) is 1.52. The molecule has 4 aromatic rings. The first-order chi connectivity index (χ1) is 21.2. The van der Waals surface area contributed by atoms with Crippen LogP contribution in [0, 0.1) is 19.7 Å². The first kappa shape index (κ1) is 31.2. The van der Waals surface area contributed by atoms with Crippen molar-refractivity contribution in [1.82, 2.24) is 10.2 Å². The molecule has 1 fully saturated rings. The molecule has 2 heterocycles. The van der Waals surface area contributed by atoms with Crippen LogP contribution in [0.15, 0.2) is 70.6 Å². The molecular formula is C33H32FN3O5S2. The lowest BCUT2D eigenvalue weighted by atomic mass is 9.93. The second-order valence-corrected chi connectivity index (χ2v) is 12.5. The average molecular weight is 634 g/mol. The zero-order valence-corrected chi connectivity index (χ0v) is 26.4. The maximum Gasteiger partial charge on any atom is 0.301 e. The van der Waals surface area contributed by atoms with Gasteiger partial charge in [0.25, 0.3) is 5.78 Å². The van der Waals surface area contributed by atoms with Gasteiger partial charge in [-0.2, -0.15) is 0 Å². The van der Waals surface area contributed by atoms with E-state index in [4.69, 9.17) is 9.47 Å². The van der Waals surface area contributed by atoms with Gasteiger partial charge in [-0.3, -0.25) is 14.5 Å². The largest absolute Gasteiger partial charge is 0.507 e. The number of ketones is 1. The van der Waals surface area contributed by atoms with Gasteiger partial charge in [-0.25, -0.2) is 4.39 Å². The van der Waals surface area contributed by atoms with E-state index < -0.39 is 17.7 Å². The molecule has 11 heteroatoms. The van der Waals surface area contributed by atoms with Crippen molar-refractivity contribution in [2.24, 2.45) is 0 Å². The quantitative estimate of drug-likeness (QED) is 0.0455. The van der Waals surface area contributed by atoms with Crippen molar-refractivity contribution in [3.63, 3.8) is 0 Å². The maximum atomic E-state index is 14.2. The number of Topliss-reactive ketones (excluding diaryl/α,β-unsaturated/α-hetero) is 1. The molecule has 1 aliphatic rings. The van der Waals surface area contributed by atoms with Crippen molar-refractivity contribution in [2.45, 2.75) is 49.7 Å². The summed E-state index contributed by atoms with van der Waals surface area (Å²) in [6.07, 6.45) is 1.84. The van der Waals surface area contributed by atoms with Crippen molar-refractivity contribution >= 4 is 45.7 Å². The summed E-state index contributed by atoms with van der Waals surface area (Å²) in [6.45, 7) is 6.29. The lowest BCUT2D eigenvalue weighted by molar-refractivity contribution is -0.132. The minimum absolute atomic E-state index is 0.0684. The highest BCUT2D eigenvalue weighted by Gasteiger charge is 2.48. The molecule has 1 aromatic heterocycles. The molecular weight excluding hydrogens is 602 g/mol. The van der Waals surface area contributed by atoms with Crippen LogP contribution in [0.5, 0.6) is 11.5 Å². The highest BCUT2D eigenvalue weighted by Crippen LogP contribution is 2.46. The molecule has 1 amide bonds. The smallest absolute Gasteiger partial charge is 0.301 e. The fraction of sp³-hybridized carbons (Fsp3) is 0.273. The van der Waals surface area contributed by atoms with E-state index in [1.54, 1.807) is 42.5 Å². The molecule has 5 rings (SSSR count). The van der Waals surface area contributed by atoms with Crippen molar-refractivity contribution in [1.29, 1.82) is 0 Å². The Labute approximate surface area is 263 Å². The van der Waals surface area contributed by atoms with Gasteiger partial charge in [0.1, 0.15) is 11.6 Å². The Kier molecular flexibility index (Phi) is 9.65. The second-order valence-electron chi connectivity index (χ2n) is 10.3. The van der Waals surface area contributed by atoms with Gasteiger partial charge in [0.2, 0.25) is 5.13 Å². The zero-order valence-electron chi connectivity index (χ0n) is 24.8. The summed E-state index contributed by atoms with van der Waals surface area (Å²) >= 11 is 2.39. The molecule has 0 saturated carbocycles. The molecule has 1 N–H and O–H groups in total. The first-order valence-corrected chi connectivity index (χ1v) is 15.9. The van der Waals surface area contributed by atoms with Crippen molar-refractivity contribution in [3.8, 4) is 11.5 Å². The van der Waals surface area contributed by atoms with Crippen LogP contribution >= 0.6 is 23.1 Å². The highest BCUT2D eigenvalue weighted by molar-refractivity contribution is 8.00. The molecule has 0 bridgehead atoms. The third-order valence-electron chi connectivity index (χ3n) is 7.26. The van der Waals surface area contributed by atoms with Crippen LogP contribution in [-0.2, 0) is 15.3 Å². The van der Waals surface area contributed by atoms with Gasteiger partial charge < -0.3 is 14.6 Å². The molecule has 44 heavy (non-hydrogen) atoms. The number of carbonyl (C=O) groups excluding carboxylic acids is 2. The topological polar surface area (TPSA) is 102 Å². The molecule has 1 atom stereocenters. The maximum absolute atomic E-state index is 14.2. The lowest BCUT2D eigenvalue weighted by Gasteiger charge is -2.23. The van der Waals surface area contributed by atoms with Crippen LogP contribution in [-0.4, -0.2) is 40.7 Å². The number of aryl methyl sites for hydroxylation is 2. The number of benzene rings is 3. The van der Waals surface area contributed by atoms with Crippen LogP contribution in [0.3, 0.4) is 0 Å². The van der Waals surface area contributed by atoms with E-state index in [2.05, 4.69) is 17.1 Å². The second kappa shape index (κ2) is 13.6. The number of aliphatic hydroxyl groups excluding tert-OH is 1. The fourth-order valence-electron chi connectivity index (χ4n) is 4.89. The predicted molar refractivity (Wildman–Crippen MR) is 170 cm³/mol. The van der Waals surface area contributed by atoms with Gasteiger partial charge in [-0.05, 0) is 61.2 Å². The monoisotopic (exact) mass is 633 g/mol. The van der Waals surface area contributed by atoms with E-state index in [0.29, 0.717) is 44.9 Å². The SMILES string of the molecule is CCCCOc1ccc(C2C(=C(O)c3cc(C)ccc3C)C(=O)C(=O)N2c2nnc(SCc3ccccc3F)s2)cc1OC. The molecule has 228 valence electrons. The van der Waals surface area contributed by atoms with Gasteiger partial charge in [0, 0.05) is 11.3 Å². The Morgan fingerprint density at radius 3 is 2.61 bits per heavy atom. The van der Waals surface area contributed by atoms with Crippen LogP contribution in [0.4, 0.5) is 9.52 Å². The number of methoxy groups -OCH3 is 1. The number of thioether (sulfide) groups is 1. The van der Waals surface area contributed by atoms with E-state index in [1.165, 1.54) is 29.8 Å². The zero-order chi connectivity index (χ0) is 31.4. The van der Waals surface area contributed by atoms with Gasteiger partial charge in [-0.1, -0.05) is 78.4 Å². The molecule has 1 aliphatic heterocycles. The number of halogens is 1. The number of unbranched alkanes of at least 4 members (excludes halogenated alkanes) is 1. The summed E-state index contributed by atoms with van der Waals surface area (Å²) < 4.78 is 26.2. The Bertz CT molecular complexity index is 1740. The number of aromatic nitrogens is 2. The van der Waals surface area contributed by atoms with Gasteiger partial charge in [0.15, 0.2) is 15.8 Å². The van der Waals surface area contributed by atoms with Crippen molar-refractivity contribution < 1.29 is 28.6 Å². The number of ether oxygens (including phenoxy) is 2. The Morgan fingerprint density at radius 2 is 1.86 bits per heavy atom. The number of amides is 1. The molecule has 3 aromatic carbocycles. The van der Waals surface area contributed by atoms with Crippen LogP contribution in [0.2, 0.25) is 0 Å². The number of carbonyl (C=O) groups is 2. The van der Waals surface area contributed by atoms with E-state index in [9.17, 15) is 19.1 Å². The number of anilines is 1. The minimum Gasteiger partial charge on any atom is -0.507 e. The van der Waals surface area contributed by atoms with Crippen LogP contribution in [0.1, 0.15) is 53.6 Å². The summed E-state index contributed by atoms with van der Waals surface area (Å²) in [4.78, 5) is 28.6. The standard InChI is InChI=1S/C33H32FN3O5S2/c1-5-6-15-42-25-14-13-21(17-26(25)41-4)28-27(29(38)23-16-19(2)11-12-20(23)3)30(39)31(40)37(28)32-35-36-33(44-32)43-18-22-9-7-8-10-24(22)34/h7-14,16-17,28,38H,5-6,15,18H2,1-4H3.